The molecule has 0 radical (unpaired) electrons. The number of carbonyl (C=O) groups is 1. The third kappa shape index (κ3) is 7.76. The molecule has 7 heteroatoms. The molecule has 28 heavy (non-hydrogen) atoms. The number of hydrogen-bond acceptors (Lipinski definition) is 4. The Balaban J connectivity index is 1.74. The normalized spacial score (nSPS) is 20.4. The minimum atomic E-state index is -0.494. The van der Waals surface area contributed by atoms with Crippen molar-refractivity contribution >= 4 is 12.1 Å². The summed E-state index contributed by atoms with van der Waals surface area (Å²) in [6, 6.07) is 10.4. The highest BCUT2D eigenvalue weighted by atomic mass is 16.6. The van der Waals surface area contributed by atoms with Crippen molar-refractivity contribution in [3.8, 4) is 0 Å². The lowest BCUT2D eigenvalue weighted by molar-refractivity contribution is -0.0265. The molecule has 0 spiro atoms. The second-order valence-corrected chi connectivity index (χ2v) is 7.91. The van der Waals surface area contributed by atoms with Crippen molar-refractivity contribution < 1.29 is 14.3 Å². The number of rotatable bonds is 6. The Hall–Kier alpha value is -2.28. The van der Waals surface area contributed by atoms with Crippen molar-refractivity contribution in [2.45, 2.75) is 45.3 Å². The number of carbonyl (C=O) groups excluding carboxylic acids is 1. The number of benzene rings is 1. The molecule has 156 valence electrons. The van der Waals surface area contributed by atoms with Crippen LogP contribution in [0.4, 0.5) is 4.79 Å². The van der Waals surface area contributed by atoms with Crippen LogP contribution in [0.3, 0.4) is 0 Å². The Morgan fingerprint density at radius 2 is 1.89 bits per heavy atom. The molecule has 0 aliphatic carbocycles. The third-order valence-corrected chi connectivity index (χ3v) is 4.41. The zero-order chi connectivity index (χ0) is 20.4. The highest BCUT2D eigenvalue weighted by Crippen LogP contribution is 2.32. The maximum Gasteiger partial charge on any atom is 0.407 e. The van der Waals surface area contributed by atoms with Crippen molar-refractivity contribution in [2.24, 2.45) is 10.9 Å². The number of alkyl carbamates (subject to hydrolysis) is 1. The molecule has 1 aliphatic heterocycles. The van der Waals surface area contributed by atoms with Crippen molar-refractivity contribution in [2.75, 3.05) is 33.3 Å². The quantitative estimate of drug-likeness (QED) is 0.395. The first kappa shape index (κ1) is 22.0. The molecule has 1 fully saturated rings. The van der Waals surface area contributed by atoms with Gasteiger partial charge in [-0.25, -0.2) is 4.79 Å². The Morgan fingerprint density at radius 3 is 2.57 bits per heavy atom. The fourth-order valence-corrected chi connectivity index (χ4v) is 3.17. The van der Waals surface area contributed by atoms with Crippen LogP contribution < -0.4 is 16.0 Å². The summed E-state index contributed by atoms with van der Waals surface area (Å²) in [5.41, 5.74) is 0.727. The molecule has 1 aromatic carbocycles. The van der Waals surface area contributed by atoms with Crippen LogP contribution in [0.1, 0.15) is 45.3 Å². The highest BCUT2D eigenvalue weighted by molar-refractivity contribution is 5.79. The number of guanidine groups is 1. The van der Waals surface area contributed by atoms with Gasteiger partial charge in [-0.05, 0) is 39.2 Å². The van der Waals surface area contributed by atoms with E-state index >= 15 is 0 Å². The lowest BCUT2D eigenvalue weighted by Crippen LogP contribution is -2.44. The van der Waals surface area contributed by atoms with E-state index in [2.05, 4.69) is 45.2 Å². The first-order valence-electron chi connectivity index (χ1n) is 9.97. The van der Waals surface area contributed by atoms with E-state index < -0.39 is 11.7 Å². The van der Waals surface area contributed by atoms with E-state index in [1.54, 1.807) is 7.05 Å². The summed E-state index contributed by atoms with van der Waals surface area (Å²) in [6.45, 7) is 8.12. The van der Waals surface area contributed by atoms with Crippen LogP contribution in [0.5, 0.6) is 0 Å². The number of hydrogen-bond donors (Lipinski definition) is 3. The minimum Gasteiger partial charge on any atom is -0.444 e. The van der Waals surface area contributed by atoms with Gasteiger partial charge in [0.25, 0.3) is 0 Å². The molecule has 1 amide bonds. The highest BCUT2D eigenvalue weighted by Gasteiger charge is 2.27. The second-order valence-electron chi connectivity index (χ2n) is 7.91. The lowest BCUT2D eigenvalue weighted by Gasteiger charge is -2.32. The molecule has 2 rings (SSSR count). The Morgan fingerprint density at radius 1 is 1.18 bits per heavy atom. The zero-order valence-electron chi connectivity index (χ0n) is 17.5. The first-order valence-corrected chi connectivity index (χ1v) is 9.97. The van der Waals surface area contributed by atoms with Crippen molar-refractivity contribution in [1.29, 1.82) is 0 Å². The largest absolute Gasteiger partial charge is 0.444 e. The molecule has 1 aromatic rings. The predicted molar refractivity (Wildman–Crippen MR) is 111 cm³/mol. The van der Waals surface area contributed by atoms with Crippen LogP contribution in [0.25, 0.3) is 0 Å². The number of ether oxygens (including phenoxy) is 2. The van der Waals surface area contributed by atoms with E-state index in [0.717, 1.165) is 26.0 Å². The smallest absolute Gasteiger partial charge is 0.407 e. The van der Waals surface area contributed by atoms with Crippen molar-refractivity contribution in [3.05, 3.63) is 35.9 Å². The fourth-order valence-electron chi connectivity index (χ4n) is 3.17. The van der Waals surface area contributed by atoms with E-state index in [9.17, 15) is 4.79 Å². The molecule has 0 saturated carbocycles. The maximum absolute atomic E-state index is 11.7. The number of aliphatic imine (C=N–C) groups is 1. The molecule has 1 aliphatic rings. The maximum atomic E-state index is 11.7. The monoisotopic (exact) mass is 390 g/mol. The molecule has 3 N–H and O–H groups in total. The summed E-state index contributed by atoms with van der Waals surface area (Å²) >= 11 is 0. The fraction of sp³-hybridized carbons (Fsp3) is 0.619. The molecule has 2 atom stereocenters. The average molecular weight is 391 g/mol. The van der Waals surface area contributed by atoms with E-state index in [1.165, 1.54) is 5.56 Å². The van der Waals surface area contributed by atoms with Gasteiger partial charge in [0.05, 0.1) is 6.10 Å². The molecule has 7 nitrogen and oxygen atoms in total. The van der Waals surface area contributed by atoms with Crippen LogP contribution in [0, 0.1) is 5.92 Å². The van der Waals surface area contributed by atoms with Crippen LogP contribution >= 0.6 is 0 Å². The summed E-state index contributed by atoms with van der Waals surface area (Å²) < 4.78 is 11.3. The number of amides is 1. The zero-order valence-corrected chi connectivity index (χ0v) is 17.5. The Kier molecular flexibility index (Phi) is 8.57. The van der Waals surface area contributed by atoms with Gasteiger partial charge in [0.1, 0.15) is 5.60 Å². The summed E-state index contributed by atoms with van der Waals surface area (Å²) in [5, 5.41) is 9.32. The molecule has 1 saturated heterocycles. The Labute approximate surface area is 168 Å². The van der Waals surface area contributed by atoms with Crippen LogP contribution in [-0.4, -0.2) is 50.9 Å². The van der Waals surface area contributed by atoms with Crippen molar-refractivity contribution in [3.63, 3.8) is 0 Å². The van der Waals surface area contributed by atoms with Gasteiger partial charge in [0.15, 0.2) is 5.96 Å². The van der Waals surface area contributed by atoms with Gasteiger partial charge in [-0.15, -0.1) is 0 Å². The number of nitrogens with zero attached hydrogens (tertiary/aromatic N) is 1. The van der Waals surface area contributed by atoms with Gasteiger partial charge in [0, 0.05) is 39.2 Å². The first-order chi connectivity index (χ1) is 13.4. The lowest BCUT2D eigenvalue weighted by atomic mass is 9.89. The van der Waals surface area contributed by atoms with E-state index in [-0.39, 0.29) is 6.10 Å². The summed E-state index contributed by atoms with van der Waals surface area (Å²) in [5.74, 6) is 1.10. The van der Waals surface area contributed by atoms with Crippen LogP contribution in [0.2, 0.25) is 0 Å². The average Bonchev–Trinajstić information content (AvgIpc) is 2.67. The molecular weight excluding hydrogens is 356 g/mol. The molecular formula is C21H34N4O3. The predicted octanol–water partition coefficient (Wildman–Crippen LogP) is 2.84. The van der Waals surface area contributed by atoms with Crippen LogP contribution in [0.15, 0.2) is 35.3 Å². The van der Waals surface area contributed by atoms with E-state index in [1.807, 2.05) is 26.8 Å². The SMILES string of the molecule is CN=C(NCCNC(=O)OC(C)(C)C)NCC1CCCOC1c1ccccc1. The Bertz CT molecular complexity index is 628. The van der Waals surface area contributed by atoms with E-state index in [4.69, 9.17) is 9.47 Å². The summed E-state index contributed by atoms with van der Waals surface area (Å²) in [4.78, 5) is 15.9. The molecule has 1 heterocycles. The van der Waals surface area contributed by atoms with E-state index in [0.29, 0.717) is 25.0 Å². The molecule has 2 unspecified atom stereocenters. The molecule has 0 aromatic heterocycles. The van der Waals surface area contributed by atoms with Crippen molar-refractivity contribution in [1.82, 2.24) is 16.0 Å². The topological polar surface area (TPSA) is 84.0 Å². The standard InChI is InChI=1S/C21H34N4O3/c1-21(2,3)28-20(26)24-13-12-23-19(22-4)25-15-17-11-8-14-27-18(17)16-9-6-5-7-10-16/h5-7,9-10,17-18H,8,11-15H2,1-4H3,(H,24,26)(H2,22,23,25). The second kappa shape index (κ2) is 10.9. The van der Waals surface area contributed by atoms with Gasteiger partial charge in [-0.3, -0.25) is 4.99 Å². The van der Waals surface area contributed by atoms with Gasteiger partial charge >= 0.3 is 6.09 Å². The van der Waals surface area contributed by atoms with Gasteiger partial charge < -0.3 is 25.4 Å². The van der Waals surface area contributed by atoms with Gasteiger partial charge in [0.2, 0.25) is 0 Å². The summed E-state index contributed by atoms with van der Waals surface area (Å²) in [6.07, 6.45) is 1.88. The van der Waals surface area contributed by atoms with Gasteiger partial charge in [-0.2, -0.15) is 0 Å². The minimum absolute atomic E-state index is 0.106. The van der Waals surface area contributed by atoms with Gasteiger partial charge in [-0.1, -0.05) is 30.3 Å². The summed E-state index contributed by atoms with van der Waals surface area (Å²) in [7, 11) is 1.74. The molecule has 0 bridgehead atoms. The number of nitrogens with one attached hydrogen (secondary N) is 3. The van der Waals surface area contributed by atoms with Crippen LogP contribution in [-0.2, 0) is 9.47 Å². The third-order valence-electron chi connectivity index (χ3n) is 4.41.